The lowest BCUT2D eigenvalue weighted by Gasteiger charge is -2.11. The van der Waals surface area contributed by atoms with E-state index in [1.165, 1.54) is 30.5 Å². The summed E-state index contributed by atoms with van der Waals surface area (Å²) in [4.78, 5) is 24.6. The summed E-state index contributed by atoms with van der Waals surface area (Å²) < 4.78 is 24.1. The van der Waals surface area contributed by atoms with E-state index in [-0.39, 0.29) is 23.8 Å². The van der Waals surface area contributed by atoms with Gasteiger partial charge < -0.3 is 14.8 Å². The average molecular weight is 486 g/mol. The number of carbonyl (C=O) groups excluding carboxylic acids is 2. The van der Waals surface area contributed by atoms with Crippen LogP contribution in [-0.2, 0) is 4.79 Å². The lowest BCUT2D eigenvalue weighted by atomic mass is 10.1. The third kappa shape index (κ3) is 6.24. The summed E-state index contributed by atoms with van der Waals surface area (Å²) >= 11 is 0. The summed E-state index contributed by atoms with van der Waals surface area (Å²) in [7, 11) is 0. The standard InChI is InChI=1S/C28H24FN3O4/c1-2-35-26-16-19(10-15-25(26)36-28(34)21-11-13-22(29)14-12-21)17-31-32-27(33)18-30-24-9-5-7-20-6-3-4-8-23(20)24/h3-17,30H,2,18H2,1H3,(H,32,33)/b31-17-. The molecule has 8 heteroatoms. The molecule has 0 aromatic heterocycles. The van der Waals surface area contributed by atoms with E-state index < -0.39 is 11.8 Å². The molecule has 0 unspecified atom stereocenters. The number of nitrogens with one attached hydrogen (secondary N) is 2. The van der Waals surface area contributed by atoms with Crippen molar-refractivity contribution in [1.29, 1.82) is 0 Å². The smallest absolute Gasteiger partial charge is 0.343 e. The summed E-state index contributed by atoms with van der Waals surface area (Å²) in [5, 5.41) is 9.24. The Morgan fingerprint density at radius 3 is 2.53 bits per heavy atom. The van der Waals surface area contributed by atoms with Gasteiger partial charge in [0.05, 0.1) is 24.9 Å². The molecule has 4 rings (SSSR count). The highest BCUT2D eigenvalue weighted by atomic mass is 19.1. The number of amides is 1. The number of benzene rings is 4. The second kappa shape index (κ2) is 11.6. The number of hydrazone groups is 1. The van der Waals surface area contributed by atoms with Gasteiger partial charge in [-0.05, 0) is 66.4 Å². The van der Waals surface area contributed by atoms with Gasteiger partial charge in [0.1, 0.15) is 5.82 Å². The first-order valence-electron chi connectivity index (χ1n) is 11.3. The first-order valence-corrected chi connectivity index (χ1v) is 11.3. The van der Waals surface area contributed by atoms with Gasteiger partial charge in [0.2, 0.25) is 0 Å². The van der Waals surface area contributed by atoms with Gasteiger partial charge in [0.25, 0.3) is 5.91 Å². The molecular weight excluding hydrogens is 461 g/mol. The van der Waals surface area contributed by atoms with Crippen LogP contribution in [0.3, 0.4) is 0 Å². The molecule has 0 aliphatic carbocycles. The van der Waals surface area contributed by atoms with Crippen molar-refractivity contribution in [3.8, 4) is 11.5 Å². The Bertz CT molecular complexity index is 1400. The van der Waals surface area contributed by atoms with Crippen LogP contribution < -0.4 is 20.2 Å². The molecule has 2 N–H and O–H groups in total. The Labute approximate surface area is 207 Å². The number of ether oxygens (including phenoxy) is 2. The maximum atomic E-state index is 13.1. The predicted molar refractivity (Wildman–Crippen MR) is 137 cm³/mol. The van der Waals surface area contributed by atoms with Crippen LogP contribution in [0.4, 0.5) is 10.1 Å². The van der Waals surface area contributed by atoms with Crippen molar-refractivity contribution >= 4 is 34.6 Å². The number of fused-ring (bicyclic) bond motifs is 1. The van der Waals surface area contributed by atoms with Gasteiger partial charge in [-0.3, -0.25) is 4.79 Å². The van der Waals surface area contributed by atoms with E-state index in [0.717, 1.165) is 16.5 Å². The maximum absolute atomic E-state index is 13.1. The summed E-state index contributed by atoms with van der Waals surface area (Å²) in [5.74, 6) is -0.841. The lowest BCUT2D eigenvalue weighted by molar-refractivity contribution is -0.119. The molecule has 1 amide bonds. The van der Waals surface area contributed by atoms with Crippen LogP contribution in [0.1, 0.15) is 22.8 Å². The predicted octanol–water partition coefficient (Wildman–Crippen LogP) is 5.16. The van der Waals surface area contributed by atoms with Crippen molar-refractivity contribution in [1.82, 2.24) is 5.43 Å². The molecule has 4 aromatic carbocycles. The fourth-order valence-corrected chi connectivity index (χ4v) is 3.48. The van der Waals surface area contributed by atoms with Crippen LogP contribution >= 0.6 is 0 Å². The molecule has 0 aliphatic heterocycles. The normalized spacial score (nSPS) is 10.8. The third-order valence-corrected chi connectivity index (χ3v) is 5.18. The minimum Gasteiger partial charge on any atom is -0.490 e. The molecule has 0 radical (unpaired) electrons. The van der Waals surface area contributed by atoms with Crippen LogP contribution in [0.2, 0.25) is 0 Å². The van der Waals surface area contributed by atoms with Gasteiger partial charge in [-0.2, -0.15) is 5.10 Å². The van der Waals surface area contributed by atoms with E-state index in [0.29, 0.717) is 17.9 Å². The van der Waals surface area contributed by atoms with Crippen LogP contribution in [0.15, 0.2) is 90.0 Å². The maximum Gasteiger partial charge on any atom is 0.343 e. The van der Waals surface area contributed by atoms with Gasteiger partial charge in [-0.1, -0.05) is 36.4 Å². The van der Waals surface area contributed by atoms with E-state index in [2.05, 4.69) is 15.8 Å². The topological polar surface area (TPSA) is 89.0 Å². The number of anilines is 1. The van der Waals surface area contributed by atoms with Crippen molar-refractivity contribution < 1.29 is 23.5 Å². The van der Waals surface area contributed by atoms with Crippen molar-refractivity contribution in [2.24, 2.45) is 5.10 Å². The number of halogens is 1. The second-order valence-electron chi connectivity index (χ2n) is 7.71. The first-order chi connectivity index (χ1) is 17.5. The molecular formula is C28H24FN3O4. The van der Waals surface area contributed by atoms with Crippen LogP contribution in [-0.4, -0.2) is 31.2 Å². The third-order valence-electron chi connectivity index (χ3n) is 5.18. The summed E-state index contributed by atoms with van der Waals surface area (Å²) in [6.07, 6.45) is 1.46. The molecule has 0 heterocycles. The zero-order valence-corrected chi connectivity index (χ0v) is 19.5. The lowest BCUT2D eigenvalue weighted by Crippen LogP contribution is -2.25. The molecule has 0 bridgehead atoms. The fraction of sp³-hybridized carbons (Fsp3) is 0.107. The largest absolute Gasteiger partial charge is 0.490 e. The van der Waals surface area contributed by atoms with Crippen molar-refractivity contribution in [2.45, 2.75) is 6.92 Å². The summed E-state index contributed by atoms with van der Waals surface area (Å²) in [6, 6.07) is 23.7. The first kappa shape index (κ1) is 24.4. The number of rotatable bonds is 9. The van der Waals surface area contributed by atoms with Crippen LogP contribution in [0.5, 0.6) is 11.5 Å². The summed E-state index contributed by atoms with van der Waals surface area (Å²) in [6.45, 7) is 2.20. The highest BCUT2D eigenvalue weighted by Crippen LogP contribution is 2.29. The molecule has 4 aromatic rings. The van der Waals surface area contributed by atoms with Gasteiger partial charge >= 0.3 is 5.97 Å². The van der Waals surface area contributed by atoms with Gasteiger partial charge in [0, 0.05) is 11.1 Å². The monoisotopic (exact) mass is 485 g/mol. The Balaban J connectivity index is 1.36. The number of esters is 1. The van der Waals surface area contributed by atoms with E-state index in [4.69, 9.17) is 9.47 Å². The Hall–Kier alpha value is -4.72. The number of nitrogens with zero attached hydrogens (tertiary/aromatic N) is 1. The zero-order valence-electron chi connectivity index (χ0n) is 19.5. The van der Waals surface area contributed by atoms with E-state index in [9.17, 15) is 14.0 Å². The molecule has 0 aliphatic rings. The molecule has 182 valence electrons. The van der Waals surface area contributed by atoms with E-state index in [1.54, 1.807) is 25.1 Å². The number of hydrogen-bond donors (Lipinski definition) is 2. The molecule has 0 saturated carbocycles. The molecule has 0 atom stereocenters. The minimum atomic E-state index is -0.636. The van der Waals surface area contributed by atoms with Crippen molar-refractivity contribution in [3.05, 3.63) is 102 Å². The van der Waals surface area contributed by atoms with Crippen LogP contribution in [0.25, 0.3) is 10.8 Å². The average Bonchev–Trinajstić information content (AvgIpc) is 2.89. The number of carbonyl (C=O) groups is 2. The van der Waals surface area contributed by atoms with E-state index >= 15 is 0 Å². The van der Waals surface area contributed by atoms with Gasteiger partial charge in [0.15, 0.2) is 11.5 Å². The summed E-state index contributed by atoms with van der Waals surface area (Å²) in [5.41, 5.74) is 4.18. The molecule has 36 heavy (non-hydrogen) atoms. The van der Waals surface area contributed by atoms with Crippen LogP contribution in [0, 0.1) is 5.82 Å². The minimum absolute atomic E-state index is 0.0494. The second-order valence-corrected chi connectivity index (χ2v) is 7.71. The fourth-order valence-electron chi connectivity index (χ4n) is 3.48. The highest BCUT2D eigenvalue weighted by Gasteiger charge is 2.13. The van der Waals surface area contributed by atoms with Crippen molar-refractivity contribution in [3.63, 3.8) is 0 Å². The van der Waals surface area contributed by atoms with Gasteiger partial charge in [-0.15, -0.1) is 0 Å². The molecule has 0 fully saturated rings. The number of hydrogen-bond acceptors (Lipinski definition) is 6. The molecule has 0 spiro atoms. The highest BCUT2D eigenvalue weighted by molar-refractivity contribution is 5.95. The van der Waals surface area contributed by atoms with E-state index in [1.807, 2.05) is 42.5 Å². The quantitative estimate of drug-likeness (QED) is 0.148. The Kier molecular flexibility index (Phi) is 7.87. The Morgan fingerprint density at radius 2 is 1.72 bits per heavy atom. The SMILES string of the molecule is CCOc1cc(/C=N\NC(=O)CNc2cccc3ccccc23)ccc1OC(=O)c1ccc(F)cc1. The molecule has 0 saturated heterocycles. The molecule has 7 nitrogen and oxygen atoms in total. The Morgan fingerprint density at radius 1 is 0.944 bits per heavy atom. The van der Waals surface area contributed by atoms with Gasteiger partial charge in [-0.25, -0.2) is 14.6 Å². The van der Waals surface area contributed by atoms with Crippen molar-refractivity contribution in [2.75, 3.05) is 18.5 Å². The zero-order chi connectivity index (χ0) is 25.3.